The molecule has 1 aromatic carbocycles. The zero-order chi connectivity index (χ0) is 16.9. The molecule has 23 heavy (non-hydrogen) atoms. The third-order valence-corrected chi connectivity index (χ3v) is 5.25. The molecule has 1 N–H and O–H groups in total. The van der Waals surface area contributed by atoms with E-state index in [1.165, 1.54) is 6.04 Å². The van der Waals surface area contributed by atoms with E-state index < -0.39 is 8.07 Å². The standard InChI is InChI=1S/C17H27N3O2Si/c1-14-11-20(12-18-14)16-7-6-15(10-17(16)21-2)19-13-22-8-9-23(3,4)5/h6-7,10-12,19H,8-9,13H2,1-5H3. The van der Waals surface area contributed by atoms with Crippen LogP contribution in [0.5, 0.6) is 5.75 Å². The van der Waals surface area contributed by atoms with Crippen molar-refractivity contribution in [1.82, 2.24) is 9.55 Å². The van der Waals surface area contributed by atoms with Crippen LogP contribution in [0.4, 0.5) is 5.69 Å². The highest BCUT2D eigenvalue weighted by Crippen LogP contribution is 2.26. The number of imidazole rings is 1. The molecule has 0 saturated carbocycles. The fourth-order valence-corrected chi connectivity index (χ4v) is 2.90. The Kier molecular flexibility index (Phi) is 5.84. The first-order valence-corrected chi connectivity index (χ1v) is 11.6. The number of methoxy groups -OCH3 is 1. The van der Waals surface area contributed by atoms with E-state index in [1.807, 2.05) is 35.9 Å². The maximum absolute atomic E-state index is 5.67. The van der Waals surface area contributed by atoms with E-state index in [2.05, 4.69) is 29.9 Å². The summed E-state index contributed by atoms with van der Waals surface area (Å²) in [6.45, 7) is 10.3. The maximum Gasteiger partial charge on any atom is 0.144 e. The lowest BCUT2D eigenvalue weighted by Gasteiger charge is -2.16. The Bertz CT molecular complexity index is 635. The summed E-state index contributed by atoms with van der Waals surface area (Å²) in [4.78, 5) is 4.26. The van der Waals surface area contributed by atoms with E-state index >= 15 is 0 Å². The third-order valence-electron chi connectivity index (χ3n) is 3.54. The fourth-order valence-electron chi connectivity index (χ4n) is 2.14. The molecule has 1 aromatic heterocycles. The molecule has 0 unspecified atom stereocenters. The number of benzene rings is 1. The summed E-state index contributed by atoms with van der Waals surface area (Å²) in [6, 6.07) is 7.20. The van der Waals surface area contributed by atoms with E-state index in [0.717, 1.165) is 29.4 Å². The topological polar surface area (TPSA) is 48.3 Å². The summed E-state index contributed by atoms with van der Waals surface area (Å²) in [7, 11) is 0.652. The third kappa shape index (κ3) is 5.40. The zero-order valence-corrected chi connectivity index (χ0v) is 15.7. The second kappa shape index (κ2) is 7.65. The van der Waals surface area contributed by atoms with Gasteiger partial charge in [0.15, 0.2) is 0 Å². The Hall–Kier alpha value is -1.79. The Morgan fingerprint density at radius 2 is 2.04 bits per heavy atom. The van der Waals surface area contributed by atoms with Gasteiger partial charge in [0.1, 0.15) is 12.5 Å². The molecule has 2 aromatic rings. The van der Waals surface area contributed by atoms with Gasteiger partial charge >= 0.3 is 0 Å². The Morgan fingerprint density at radius 1 is 1.26 bits per heavy atom. The molecule has 0 bridgehead atoms. The van der Waals surface area contributed by atoms with E-state index in [4.69, 9.17) is 9.47 Å². The average molecular weight is 334 g/mol. The molecule has 0 aliphatic carbocycles. The highest BCUT2D eigenvalue weighted by molar-refractivity contribution is 6.76. The largest absolute Gasteiger partial charge is 0.494 e. The van der Waals surface area contributed by atoms with Gasteiger partial charge in [0.25, 0.3) is 0 Å². The lowest BCUT2D eigenvalue weighted by molar-refractivity contribution is 0.166. The van der Waals surface area contributed by atoms with E-state index in [1.54, 1.807) is 13.4 Å². The van der Waals surface area contributed by atoms with Gasteiger partial charge in [-0.1, -0.05) is 19.6 Å². The molecule has 0 spiro atoms. The number of ether oxygens (including phenoxy) is 2. The van der Waals surface area contributed by atoms with Crippen molar-refractivity contribution >= 4 is 13.8 Å². The van der Waals surface area contributed by atoms with Crippen molar-refractivity contribution in [2.45, 2.75) is 32.6 Å². The van der Waals surface area contributed by atoms with Gasteiger partial charge in [0.2, 0.25) is 0 Å². The molecule has 2 rings (SSSR count). The van der Waals surface area contributed by atoms with Crippen LogP contribution in [0.3, 0.4) is 0 Å². The molecule has 0 atom stereocenters. The molecule has 0 aliphatic heterocycles. The molecule has 6 heteroatoms. The molecule has 0 fully saturated rings. The predicted molar refractivity (Wildman–Crippen MR) is 97.4 cm³/mol. The van der Waals surface area contributed by atoms with Crippen LogP contribution < -0.4 is 10.1 Å². The molecular weight excluding hydrogens is 306 g/mol. The van der Waals surface area contributed by atoms with Gasteiger partial charge in [-0.15, -0.1) is 0 Å². The summed E-state index contributed by atoms with van der Waals surface area (Å²) < 4.78 is 13.1. The van der Waals surface area contributed by atoms with Crippen LogP contribution in [-0.4, -0.2) is 38.1 Å². The van der Waals surface area contributed by atoms with Crippen molar-refractivity contribution in [1.29, 1.82) is 0 Å². The van der Waals surface area contributed by atoms with Crippen molar-refractivity contribution in [3.8, 4) is 11.4 Å². The Morgan fingerprint density at radius 3 is 2.65 bits per heavy atom. The number of hydrogen-bond acceptors (Lipinski definition) is 4. The number of aryl methyl sites for hydroxylation is 1. The smallest absolute Gasteiger partial charge is 0.144 e. The highest BCUT2D eigenvalue weighted by Gasteiger charge is 2.12. The SMILES string of the molecule is COc1cc(NCOCC[Si](C)(C)C)ccc1-n1cnc(C)c1. The number of anilines is 1. The molecule has 0 saturated heterocycles. The summed E-state index contributed by atoms with van der Waals surface area (Å²) in [5.41, 5.74) is 2.93. The Labute approximate surface area is 139 Å². The minimum absolute atomic E-state index is 0.511. The van der Waals surface area contributed by atoms with Crippen LogP contribution in [0.1, 0.15) is 5.69 Å². The monoisotopic (exact) mass is 333 g/mol. The first-order chi connectivity index (χ1) is 10.9. The molecule has 5 nitrogen and oxygen atoms in total. The highest BCUT2D eigenvalue weighted by atomic mass is 28.3. The summed E-state index contributed by atoms with van der Waals surface area (Å²) in [6.07, 6.45) is 3.77. The van der Waals surface area contributed by atoms with E-state index in [9.17, 15) is 0 Å². The van der Waals surface area contributed by atoms with Crippen molar-refractivity contribution in [2.24, 2.45) is 0 Å². The summed E-state index contributed by atoms with van der Waals surface area (Å²) in [5.74, 6) is 0.800. The van der Waals surface area contributed by atoms with Gasteiger partial charge in [0.05, 0.1) is 24.8 Å². The zero-order valence-electron chi connectivity index (χ0n) is 14.7. The Balaban J connectivity index is 1.94. The van der Waals surface area contributed by atoms with Crippen LogP contribution >= 0.6 is 0 Å². The minimum atomic E-state index is -1.03. The first-order valence-electron chi connectivity index (χ1n) is 7.90. The molecule has 0 amide bonds. The second-order valence-corrected chi connectivity index (χ2v) is 12.5. The summed E-state index contributed by atoms with van der Waals surface area (Å²) >= 11 is 0. The van der Waals surface area contributed by atoms with Crippen LogP contribution in [0.15, 0.2) is 30.7 Å². The van der Waals surface area contributed by atoms with Crippen molar-refractivity contribution in [3.63, 3.8) is 0 Å². The molecule has 126 valence electrons. The number of aromatic nitrogens is 2. The second-order valence-electron chi connectivity index (χ2n) is 6.85. The van der Waals surface area contributed by atoms with Crippen LogP contribution in [0.25, 0.3) is 5.69 Å². The maximum atomic E-state index is 5.67. The van der Waals surface area contributed by atoms with Gasteiger partial charge in [-0.3, -0.25) is 0 Å². The molecule has 0 aliphatic rings. The average Bonchev–Trinajstić information content (AvgIpc) is 2.92. The van der Waals surface area contributed by atoms with Crippen molar-refractivity contribution in [2.75, 3.05) is 25.8 Å². The number of nitrogens with one attached hydrogen (secondary N) is 1. The number of hydrogen-bond donors (Lipinski definition) is 1. The van der Waals surface area contributed by atoms with Gasteiger partial charge in [-0.2, -0.15) is 0 Å². The van der Waals surface area contributed by atoms with Gasteiger partial charge in [-0.05, 0) is 25.1 Å². The van der Waals surface area contributed by atoms with Gasteiger partial charge < -0.3 is 19.4 Å². The van der Waals surface area contributed by atoms with Crippen molar-refractivity contribution < 1.29 is 9.47 Å². The van der Waals surface area contributed by atoms with E-state index in [0.29, 0.717) is 6.73 Å². The fraction of sp³-hybridized carbons (Fsp3) is 0.471. The van der Waals surface area contributed by atoms with Gasteiger partial charge in [-0.25, -0.2) is 4.98 Å². The number of rotatable bonds is 8. The summed E-state index contributed by atoms with van der Waals surface area (Å²) in [5, 5.41) is 3.28. The molecule has 1 heterocycles. The lowest BCUT2D eigenvalue weighted by Crippen LogP contribution is -2.22. The van der Waals surface area contributed by atoms with Crippen molar-refractivity contribution in [3.05, 3.63) is 36.4 Å². The quantitative estimate of drug-likeness (QED) is 0.452. The first kappa shape index (κ1) is 17.6. The lowest BCUT2D eigenvalue weighted by atomic mass is 10.2. The minimum Gasteiger partial charge on any atom is -0.494 e. The molecular formula is C17H27N3O2Si. The van der Waals surface area contributed by atoms with Gasteiger partial charge in [0, 0.05) is 32.6 Å². The normalized spacial score (nSPS) is 11.5. The van der Waals surface area contributed by atoms with E-state index in [-0.39, 0.29) is 0 Å². The molecule has 0 radical (unpaired) electrons. The van der Waals surface area contributed by atoms with Crippen LogP contribution in [0, 0.1) is 6.92 Å². The predicted octanol–water partition coefficient (Wildman–Crippen LogP) is 3.91. The van der Waals surface area contributed by atoms with Crippen LogP contribution in [-0.2, 0) is 4.74 Å². The van der Waals surface area contributed by atoms with Crippen LogP contribution in [0.2, 0.25) is 25.7 Å². The number of nitrogens with zero attached hydrogens (tertiary/aromatic N) is 2.